The van der Waals surface area contributed by atoms with Gasteiger partial charge in [-0.3, -0.25) is 4.79 Å². The van der Waals surface area contributed by atoms with Crippen LogP contribution in [0.25, 0.3) is 22.2 Å². The fourth-order valence-corrected chi connectivity index (χ4v) is 3.61. The average Bonchev–Trinajstić information content (AvgIpc) is 3.12. The molecule has 0 bridgehead atoms. The monoisotopic (exact) mass is 470 g/mol. The molecule has 0 aliphatic rings. The highest BCUT2D eigenvalue weighted by atomic mass is 19.1. The van der Waals surface area contributed by atoms with Gasteiger partial charge in [0, 0.05) is 6.54 Å². The third-order valence-electron chi connectivity index (χ3n) is 5.39. The van der Waals surface area contributed by atoms with E-state index in [2.05, 4.69) is 20.4 Å². The lowest BCUT2D eigenvalue weighted by molar-refractivity contribution is 0.0953. The van der Waals surface area contributed by atoms with E-state index in [1.54, 1.807) is 30.3 Å². The van der Waals surface area contributed by atoms with Crippen LogP contribution in [0.15, 0.2) is 71.8 Å². The van der Waals surface area contributed by atoms with Gasteiger partial charge in [0.05, 0.1) is 17.2 Å². The molecule has 5 rings (SSSR count). The number of hydrogen-bond donors (Lipinski definition) is 4. The first-order valence-electron chi connectivity index (χ1n) is 10.6. The molecular weight excluding hydrogens is 451 g/mol. The maximum atomic E-state index is 13.2. The number of carbonyl (C=O) groups excluding carboxylic acids is 1. The van der Waals surface area contributed by atoms with Crippen molar-refractivity contribution in [1.82, 2.24) is 20.0 Å². The predicted molar refractivity (Wildman–Crippen MR) is 130 cm³/mol. The Kier molecular flexibility index (Phi) is 5.46. The Morgan fingerprint density at radius 2 is 1.74 bits per heavy atom. The van der Waals surface area contributed by atoms with E-state index in [0.717, 1.165) is 0 Å². The summed E-state index contributed by atoms with van der Waals surface area (Å²) in [5.41, 5.74) is 9.37. The fraction of sp³-hybridized carbons (Fsp3) is 0.0400. The number of halogens is 1. The third kappa shape index (κ3) is 4.20. The summed E-state index contributed by atoms with van der Waals surface area (Å²) < 4.78 is 14.5. The third-order valence-corrected chi connectivity index (χ3v) is 5.39. The number of nitrogens with zero attached hydrogens (tertiary/aromatic N) is 4. The van der Waals surface area contributed by atoms with Crippen LogP contribution in [0, 0.1) is 5.82 Å². The Hall–Kier alpha value is -4.99. The molecule has 9 nitrogen and oxygen atoms in total. The molecule has 2 heterocycles. The van der Waals surface area contributed by atoms with Crippen molar-refractivity contribution in [3.05, 3.63) is 89.2 Å². The Morgan fingerprint density at radius 3 is 2.46 bits per heavy atom. The van der Waals surface area contributed by atoms with Crippen LogP contribution in [0.1, 0.15) is 21.5 Å². The molecule has 10 heteroatoms. The van der Waals surface area contributed by atoms with Crippen molar-refractivity contribution in [1.29, 1.82) is 0 Å². The highest BCUT2D eigenvalue weighted by Crippen LogP contribution is 2.28. The second-order valence-corrected chi connectivity index (χ2v) is 7.76. The first-order valence-corrected chi connectivity index (χ1v) is 10.6. The summed E-state index contributed by atoms with van der Waals surface area (Å²) >= 11 is 0. The minimum atomic E-state index is -0.488. The van der Waals surface area contributed by atoms with Gasteiger partial charge in [0.15, 0.2) is 17.1 Å². The molecule has 2 aromatic heterocycles. The zero-order chi connectivity index (χ0) is 24.5. The number of nitrogen functional groups attached to an aromatic ring is 1. The minimum absolute atomic E-state index is 0.0196. The summed E-state index contributed by atoms with van der Waals surface area (Å²) in [6, 6.07) is 17.2. The lowest BCUT2D eigenvalue weighted by atomic mass is 10.2. The smallest absolute Gasteiger partial charge is 0.257 e. The number of aromatic hydroxyl groups is 2. The van der Waals surface area contributed by atoms with Crippen LogP contribution in [0.5, 0.6) is 11.5 Å². The van der Waals surface area contributed by atoms with Gasteiger partial charge >= 0.3 is 0 Å². The normalized spacial score (nSPS) is 11.5. The summed E-state index contributed by atoms with van der Waals surface area (Å²) in [7, 11) is 0. The molecule has 0 atom stereocenters. The van der Waals surface area contributed by atoms with Crippen molar-refractivity contribution in [3.63, 3.8) is 0 Å². The van der Waals surface area contributed by atoms with Gasteiger partial charge in [-0.25, -0.2) is 14.4 Å². The van der Waals surface area contributed by atoms with Crippen LogP contribution in [0.3, 0.4) is 0 Å². The van der Waals surface area contributed by atoms with Crippen molar-refractivity contribution in [2.75, 3.05) is 5.73 Å². The highest BCUT2D eigenvalue weighted by Gasteiger charge is 2.24. The maximum absolute atomic E-state index is 13.2. The standard InChI is InChI=1S/C25H19FN6O3/c26-16-8-5-14(6-9-16)12-28-25(35)21-22-24(31-18-4-2-1-3-17(18)30-22)32(23(21)27)29-13-15-7-10-19(33)20(34)11-15/h1-11,13,33-34H,12,27H2,(H,28,35)/b29-13+. The SMILES string of the molecule is Nc1c(C(=O)NCc2ccc(F)cc2)c2nc3ccccc3nc2n1/N=C/c1ccc(O)c(O)c1. The molecule has 5 N–H and O–H groups in total. The molecule has 0 fully saturated rings. The number of nitrogens with two attached hydrogens (primary N) is 1. The van der Waals surface area contributed by atoms with E-state index in [9.17, 15) is 19.4 Å². The van der Waals surface area contributed by atoms with E-state index < -0.39 is 5.91 Å². The van der Waals surface area contributed by atoms with E-state index in [0.29, 0.717) is 22.2 Å². The summed E-state index contributed by atoms with van der Waals surface area (Å²) in [4.78, 5) is 22.4. The molecule has 1 amide bonds. The number of carbonyl (C=O) groups is 1. The zero-order valence-electron chi connectivity index (χ0n) is 18.2. The second-order valence-electron chi connectivity index (χ2n) is 7.76. The summed E-state index contributed by atoms with van der Waals surface area (Å²) in [5, 5.41) is 26.4. The molecule has 0 radical (unpaired) electrons. The quantitative estimate of drug-likeness (QED) is 0.229. The number of phenols is 2. The fourth-order valence-electron chi connectivity index (χ4n) is 3.61. The van der Waals surface area contributed by atoms with E-state index in [-0.39, 0.29) is 46.4 Å². The molecule has 0 aliphatic carbocycles. The zero-order valence-corrected chi connectivity index (χ0v) is 18.2. The molecule has 35 heavy (non-hydrogen) atoms. The van der Waals surface area contributed by atoms with Gasteiger partial charge in [-0.15, -0.1) is 0 Å². The first-order chi connectivity index (χ1) is 16.9. The van der Waals surface area contributed by atoms with Crippen LogP contribution >= 0.6 is 0 Å². The lowest BCUT2D eigenvalue weighted by Gasteiger charge is -2.06. The number of hydrogen-bond acceptors (Lipinski definition) is 7. The summed E-state index contributed by atoms with van der Waals surface area (Å²) in [5.74, 6) is -1.39. The average molecular weight is 470 g/mol. The molecule has 5 aromatic rings. The number of nitrogens with one attached hydrogen (secondary N) is 1. The number of amides is 1. The van der Waals surface area contributed by atoms with Gasteiger partial charge in [0.2, 0.25) is 0 Å². The number of phenolic OH excluding ortho intramolecular Hbond substituents is 2. The Balaban J connectivity index is 1.58. The van der Waals surface area contributed by atoms with Crippen molar-refractivity contribution in [2.24, 2.45) is 5.10 Å². The molecule has 3 aromatic carbocycles. The van der Waals surface area contributed by atoms with Crippen molar-refractivity contribution in [3.8, 4) is 11.5 Å². The lowest BCUT2D eigenvalue weighted by Crippen LogP contribution is -2.23. The van der Waals surface area contributed by atoms with Crippen molar-refractivity contribution < 1.29 is 19.4 Å². The van der Waals surface area contributed by atoms with E-state index >= 15 is 0 Å². The van der Waals surface area contributed by atoms with Gasteiger partial charge in [-0.1, -0.05) is 24.3 Å². The first kappa shape index (κ1) is 21.8. The minimum Gasteiger partial charge on any atom is -0.504 e. The number of benzene rings is 3. The van der Waals surface area contributed by atoms with Crippen molar-refractivity contribution >= 4 is 40.1 Å². The van der Waals surface area contributed by atoms with Gasteiger partial charge in [-0.05, 0) is 53.6 Å². The summed E-state index contributed by atoms with van der Waals surface area (Å²) in [6.45, 7) is 0.155. The largest absolute Gasteiger partial charge is 0.504 e. The van der Waals surface area contributed by atoms with Crippen LogP contribution in [0.4, 0.5) is 10.2 Å². The number of fused-ring (bicyclic) bond motifs is 2. The Labute approximate surface area is 198 Å². The molecular formula is C25H19FN6O3. The van der Waals surface area contributed by atoms with Crippen LogP contribution < -0.4 is 11.1 Å². The van der Waals surface area contributed by atoms with Crippen LogP contribution in [-0.2, 0) is 6.54 Å². The van der Waals surface area contributed by atoms with Gasteiger partial charge in [0.25, 0.3) is 5.91 Å². The maximum Gasteiger partial charge on any atom is 0.257 e. The van der Waals surface area contributed by atoms with Gasteiger partial charge in [0.1, 0.15) is 22.7 Å². The van der Waals surface area contributed by atoms with Crippen LogP contribution in [0.2, 0.25) is 0 Å². The highest BCUT2D eigenvalue weighted by molar-refractivity contribution is 6.10. The van der Waals surface area contributed by atoms with E-state index in [1.165, 1.54) is 35.2 Å². The Bertz CT molecular complexity index is 1610. The topological polar surface area (TPSA) is 139 Å². The number of rotatable bonds is 5. The number of anilines is 1. The van der Waals surface area contributed by atoms with Crippen LogP contribution in [-0.4, -0.2) is 37.0 Å². The molecule has 0 saturated carbocycles. The number of aromatic nitrogens is 3. The molecule has 0 spiro atoms. The molecule has 174 valence electrons. The summed E-state index contributed by atoms with van der Waals surface area (Å²) in [6.07, 6.45) is 1.41. The van der Waals surface area contributed by atoms with Crippen molar-refractivity contribution in [2.45, 2.75) is 6.54 Å². The molecule has 0 unspecified atom stereocenters. The van der Waals surface area contributed by atoms with Gasteiger partial charge < -0.3 is 21.3 Å². The van der Waals surface area contributed by atoms with E-state index in [4.69, 9.17) is 5.73 Å². The van der Waals surface area contributed by atoms with Gasteiger partial charge in [-0.2, -0.15) is 9.78 Å². The second kappa shape index (κ2) is 8.75. The molecule has 0 aliphatic heterocycles. The number of para-hydroxylation sites is 2. The van der Waals surface area contributed by atoms with E-state index in [1.807, 2.05) is 12.1 Å². The predicted octanol–water partition coefficient (Wildman–Crippen LogP) is 3.53. The Morgan fingerprint density at radius 1 is 1.03 bits per heavy atom. The molecule has 0 saturated heterocycles.